The van der Waals surface area contributed by atoms with Crippen molar-refractivity contribution in [3.05, 3.63) is 74.7 Å². The van der Waals surface area contributed by atoms with E-state index in [0.29, 0.717) is 12.1 Å². The number of hydrogen-bond donors (Lipinski definition) is 1. The third kappa shape index (κ3) is 4.32. The number of benzene rings is 2. The normalized spacial score (nSPS) is 10.8. The van der Waals surface area contributed by atoms with Crippen LogP contribution in [0.4, 0.5) is 0 Å². The number of aryl methyl sites for hydroxylation is 3. The maximum atomic E-state index is 12.3. The molecule has 1 aromatic heterocycles. The second-order valence-corrected chi connectivity index (χ2v) is 7.86. The largest absolute Gasteiger partial charge is 0.352 e. The third-order valence-electron chi connectivity index (χ3n) is 4.39. The van der Waals surface area contributed by atoms with Gasteiger partial charge in [-0.15, -0.1) is 11.3 Å². The fraction of sp³-hybridized carbons (Fsp3) is 0.238. The second-order valence-electron chi connectivity index (χ2n) is 6.34. The molecule has 3 aromatic rings. The van der Waals surface area contributed by atoms with Gasteiger partial charge in [0.05, 0.1) is 5.69 Å². The minimum atomic E-state index is -0.0341. The van der Waals surface area contributed by atoms with Crippen LogP contribution in [0.5, 0.6) is 0 Å². The molecule has 26 heavy (non-hydrogen) atoms. The zero-order valence-corrected chi connectivity index (χ0v) is 16.7. The molecule has 0 saturated carbocycles. The first-order valence-corrected chi connectivity index (χ1v) is 9.71. The van der Waals surface area contributed by atoms with E-state index >= 15 is 0 Å². The van der Waals surface area contributed by atoms with Crippen molar-refractivity contribution in [2.45, 2.75) is 27.2 Å². The topological polar surface area (TPSA) is 42.0 Å². The highest BCUT2D eigenvalue weighted by Gasteiger charge is 2.11. The van der Waals surface area contributed by atoms with Crippen molar-refractivity contribution in [3.8, 4) is 10.6 Å². The lowest BCUT2D eigenvalue weighted by atomic mass is 10.1. The molecule has 3 rings (SSSR count). The lowest BCUT2D eigenvalue weighted by Gasteiger charge is -2.07. The van der Waals surface area contributed by atoms with Gasteiger partial charge in [0.15, 0.2) is 0 Å². The summed E-state index contributed by atoms with van der Waals surface area (Å²) in [6.07, 6.45) is 0.772. The number of aromatic nitrogens is 1. The molecule has 0 radical (unpaired) electrons. The van der Waals surface area contributed by atoms with Crippen LogP contribution < -0.4 is 5.32 Å². The molecule has 134 valence electrons. The summed E-state index contributed by atoms with van der Waals surface area (Å²) in [5.74, 6) is -0.0341. The predicted molar refractivity (Wildman–Crippen MR) is 109 cm³/mol. The van der Waals surface area contributed by atoms with Gasteiger partial charge in [-0.3, -0.25) is 4.79 Å². The number of nitrogens with one attached hydrogen (secondary N) is 1. The fourth-order valence-electron chi connectivity index (χ4n) is 2.65. The summed E-state index contributed by atoms with van der Waals surface area (Å²) in [6, 6.07) is 13.5. The number of amides is 1. The van der Waals surface area contributed by atoms with Crippen LogP contribution in [0.15, 0.2) is 42.5 Å². The molecule has 5 heteroatoms. The first kappa shape index (κ1) is 18.6. The Labute approximate surface area is 163 Å². The molecule has 0 bridgehead atoms. The zero-order chi connectivity index (χ0) is 18.7. The van der Waals surface area contributed by atoms with Crippen molar-refractivity contribution >= 4 is 28.8 Å². The molecule has 3 nitrogen and oxygen atoms in total. The molecule has 0 spiro atoms. The number of hydrogen-bond acceptors (Lipinski definition) is 3. The molecule has 1 heterocycles. The Kier molecular flexibility index (Phi) is 5.74. The number of halogens is 1. The van der Waals surface area contributed by atoms with Gasteiger partial charge in [0, 0.05) is 34.0 Å². The van der Waals surface area contributed by atoms with E-state index in [1.807, 2.05) is 63.2 Å². The van der Waals surface area contributed by atoms with Crippen molar-refractivity contribution in [2.24, 2.45) is 0 Å². The van der Waals surface area contributed by atoms with Gasteiger partial charge >= 0.3 is 0 Å². The monoisotopic (exact) mass is 384 g/mol. The first-order valence-electron chi connectivity index (χ1n) is 8.52. The van der Waals surface area contributed by atoms with Gasteiger partial charge in [-0.1, -0.05) is 29.8 Å². The standard InChI is InChI=1S/C21H21ClN2OS/c1-13-4-5-17(12-14(13)2)20(25)23-11-10-19-15(3)24-21(26-19)16-6-8-18(22)9-7-16/h4-9,12H,10-11H2,1-3H3,(H,23,25). The molecule has 1 N–H and O–H groups in total. The van der Waals surface area contributed by atoms with E-state index in [1.165, 1.54) is 10.4 Å². The lowest BCUT2D eigenvalue weighted by Crippen LogP contribution is -2.25. The molecule has 0 aliphatic rings. The van der Waals surface area contributed by atoms with E-state index < -0.39 is 0 Å². The SMILES string of the molecule is Cc1ccc(C(=O)NCCc2sc(-c3ccc(Cl)cc3)nc2C)cc1C. The Morgan fingerprint density at radius 2 is 1.81 bits per heavy atom. The van der Waals surface area contributed by atoms with E-state index in [-0.39, 0.29) is 5.91 Å². The van der Waals surface area contributed by atoms with Crippen molar-refractivity contribution in [1.29, 1.82) is 0 Å². The molecule has 0 saturated heterocycles. The molecule has 0 aliphatic heterocycles. The van der Waals surface area contributed by atoms with Crippen LogP contribution in [-0.2, 0) is 6.42 Å². The average Bonchev–Trinajstić information content (AvgIpc) is 2.98. The Bertz CT molecular complexity index is 932. The van der Waals surface area contributed by atoms with Crippen molar-refractivity contribution in [3.63, 3.8) is 0 Å². The quantitative estimate of drug-likeness (QED) is 0.643. The van der Waals surface area contributed by atoms with Crippen LogP contribution in [0.2, 0.25) is 5.02 Å². The average molecular weight is 385 g/mol. The van der Waals surface area contributed by atoms with Gasteiger partial charge in [-0.25, -0.2) is 4.98 Å². The number of thiazole rings is 1. The zero-order valence-electron chi connectivity index (χ0n) is 15.1. The van der Waals surface area contributed by atoms with Crippen molar-refractivity contribution in [1.82, 2.24) is 10.3 Å². The van der Waals surface area contributed by atoms with E-state index in [0.717, 1.165) is 33.3 Å². The number of rotatable bonds is 5. The van der Waals surface area contributed by atoms with Gasteiger partial charge in [0.1, 0.15) is 5.01 Å². The van der Waals surface area contributed by atoms with Crippen LogP contribution in [0, 0.1) is 20.8 Å². The summed E-state index contributed by atoms with van der Waals surface area (Å²) in [5.41, 5.74) is 5.10. The Morgan fingerprint density at radius 1 is 1.08 bits per heavy atom. The summed E-state index contributed by atoms with van der Waals surface area (Å²) in [6.45, 7) is 6.66. The summed E-state index contributed by atoms with van der Waals surface area (Å²) in [4.78, 5) is 18.1. The predicted octanol–water partition coefficient (Wildman–Crippen LogP) is 5.36. The molecular formula is C21H21ClN2OS. The minimum Gasteiger partial charge on any atom is -0.352 e. The molecule has 0 unspecified atom stereocenters. The van der Waals surface area contributed by atoms with Gasteiger partial charge in [-0.2, -0.15) is 0 Å². The van der Waals surface area contributed by atoms with Gasteiger partial charge in [0.25, 0.3) is 5.91 Å². The first-order chi connectivity index (χ1) is 12.4. The maximum absolute atomic E-state index is 12.3. The Balaban J connectivity index is 1.62. The minimum absolute atomic E-state index is 0.0341. The van der Waals surface area contributed by atoms with E-state index in [9.17, 15) is 4.79 Å². The fourth-order valence-corrected chi connectivity index (χ4v) is 3.84. The van der Waals surface area contributed by atoms with Crippen molar-refractivity contribution in [2.75, 3.05) is 6.54 Å². The second kappa shape index (κ2) is 8.02. The highest BCUT2D eigenvalue weighted by molar-refractivity contribution is 7.15. The lowest BCUT2D eigenvalue weighted by molar-refractivity contribution is 0.0954. The van der Waals surface area contributed by atoms with Crippen molar-refractivity contribution < 1.29 is 4.79 Å². The van der Waals surface area contributed by atoms with Crippen LogP contribution >= 0.6 is 22.9 Å². The van der Waals surface area contributed by atoms with Crippen LogP contribution in [-0.4, -0.2) is 17.4 Å². The summed E-state index contributed by atoms with van der Waals surface area (Å²) < 4.78 is 0. The maximum Gasteiger partial charge on any atom is 0.251 e. The molecule has 1 amide bonds. The van der Waals surface area contributed by atoms with Crippen LogP contribution in [0.25, 0.3) is 10.6 Å². The Hall–Kier alpha value is -2.17. The van der Waals surface area contributed by atoms with E-state index in [2.05, 4.69) is 10.3 Å². The number of carbonyl (C=O) groups excluding carboxylic acids is 1. The highest BCUT2D eigenvalue weighted by Crippen LogP contribution is 2.29. The van der Waals surface area contributed by atoms with Gasteiger partial charge < -0.3 is 5.32 Å². The highest BCUT2D eigenvalue weighted by atomic mass is 35.5. The summed E-state index contributed by atoms with van der Waals surface area (Å²) in [5, 5.41) is 4.70. The van der Waals surface area contributed by atoms with Gasteiger partial charge in [-0.05, 0) is 56.2 Å². The summed E-state index contributed by atoms with van der Waals surface area (Å²) in [7, 11) is 0. The molecular weight excluding hydrogens is 364 g/mol. The third-order valence-corrected chi connectivity index (χ3v) is 5.91. The van der Waals surface area contributed by atoms with E-state index in [1.54, 1.807) is 11.3 Å². The van der Waals surface area contributed by atoms with Crippen LogP contribution in [0.1, 0.15) is 32.1 Å². The number of nitrogens with zero attached hydrogens (tertiary/aromatic N) is 1. The summed E-state index contributed by atoms with van der Waals surface area (Å²) >= 11 is 7.61. The Morgan fingerprint density at radius 3 is 2.50 bits per heavy atom. The molecule has 2 aromatic carbocycles. The number of carbonyl (C=O) groups is 1. The smallest absolute Gasteiger partial charge is 0.251 e. The van der Waals surface area contributed by atoms with E-state index in [4.69, 9.17) is 11.6 Å². The van der Waals surface area contributed by atoms with Gasteiger partial charge in [0.2, 0.25) is 0 Å². The molecule has 0 aliphatic carbocycles. The van der Waals surface area contributed by atoms with Crippen LogP contribution in [0.3, 0.4) is 0 Å². The molecule has 0 atom stereocenters. The molecule has 0 fully saturated rings.